The van der Waals surface area contributed by atoms with Crippen LogP contribution in [0.4, 0.5) is 0 Å². The van der Waals surface area contributed by atoms with Crippen LogP contribution in [0.3, 0.4) is 0 Å². The van der Waals surface area contributed by atoms with E-state index in [1.165, 1.54) is 0 Å². The highest BCUT2D eigenvalue weighted by Crippen LogP contribution is 2.22. The third kappa shape index (κ3) is 1.71. The number of benzene rings is 1. The van der Waals surface area contributed by atoms with Crippen molar-refractivity contribution in [1.82, 2.24) is 0 Å². The summed E-state index contributed by atoms with van der Waals surface area (Å²) < 4.78 is 0.687. The fourth-order valence-corrected chi connectivity index (χ4v) is 1.31. The number of hydrogen-bond donors (Lipinski definition) is 0. The van der Waals surface area contributed by atoms with Crippen LogP contribution < -0.4 is 0 Å². The molecule has 0 radical (unpaired) electrons. The van der Waals surface area contributed by atoms with E-state index in [-0.39, 0.29) is 5.70 Å². The van der Waals surface area contributed by atoms with E-state index in [1.54, 1.807) is 24.3 Å². The maximum absolute atomic E-state index is 10.3. The van der Waals surface area contributed by atoms with Gasteiger partial charge in [0.05, 0.1) is 10.5 Å². The van der Waals surface area contributed by atoms with E-state index in [9.17, 15) is 10.1 Å². The number of halogens is 1. The Morgan fingerprint density at radius 1 is 1.50 bits per heavy atom. The van der Waals surface area contributed by atoms with Gasteiger partial charge in [-0.2, -0.15) is 0 Å². The lowest BCUT2D eigenvalue weighted by Gasteiger charge is -1.98. The summed E-state index contributed by atoms with van der Waals surface area (Å²) in [5, 5.41) is 10.3. The summed E-state index contributed by atoms with van der Waals surface area (Å²) in [5.74, 6) is 0. The van der Waals surface area contributed by atoms with E-state index in [0.717, 1.165) is 0 Å². The van der Waals surface area contributed by atoms with Gasteiger partial charge in [-0.3, -0.25) is 10.1 Å². The van der Waals surface area contributed by atoms with E-state index in [2.05, 4.69) is 22.5 Å². The van der Waals surface area contributed by atoms with Gasteiger partial charge in [0.15, 0.2) is 0 Å². The fraction of sp³-hybridized carbons (Fsp3) is 0. The van der Waals surface area contributed by atoms with Gasteiger partial charge in [-0.15, -0.1) is 0 Å². The third-order valence-electron chi connectivity index (χ3n) is 1.41. The van der Waals surface area contributed by atoms with Crippen molar-refractivity contribution < 1.29 is 4.92 Å². The van der Waals surface area contributed by atoms with E-state index < -0.39 is 4.92 Å². The summed E-state index contributed by atoms with van der Waals surface area (Å²) in [7, 11) is 0. The summed E-state index contributed by atoms with van der Waals surface area (Å²) >= 11 is 3.20. The summed E-state index contributed by atoms with van der Waals surface area (Å²) in [6.07, 6.45) is 0. The Balaban J connectivity index is 3.11. The van der Waals surface area contributed by atoms with Gasteiger partial charge in [-0.25, -0.2) is 0 Å². The Morgan fingerprint density at radius 2 is 2.08 bits per heavy atom. The van der Waals surface area contributed by atoms with Crippen molar-refractivity contribution >= 4 is 21.6 Å². The normalized spacial score (nSPS) is 9.42. The van der Waals surface area contributed by atoms with Crippen molar-refractivity contribution in [3.8, 4) is 0 Å². The SMILES string of the molecule is C=C(c1ccccc1Br)[N+](=O)[O-]. The zero-order valence-electron chi connectivity index (χ0n) is 6.16. The molecule has 12 heavy (non-hydrogen) atoms. The molecule has 1 rings (SSSR count). The van der Waals surface area contributed by atoms with E-state index in [4.69, 9.17) is 0 Å². The highest BCUT2D eigenvalue weighted by molar-refractivity contribution is 9.10. The Kier molecular flexibility index (Phi) is 2.60. The Hall–Kier alpha value is -1.16. The molecule has 0 saturated carbocycles. The molecule has 0 bridgehead atoms. The van der Waals surface area contributed by atoms with Crippen LogP contribution >= 0.6 is 15.9 Å². The average Bonchev–Trinajstić information content (AvgIpc) is 2.04. The standard InChI is InChI=1S/C8H6BrNO2/c1-6(10(11)12)7-4-2-3-5-8(7)9/h2-5H,1H2. The smallest absolute Gasteiger partial charge is 0.258 e. The van der Waals surface area contributed by atoms with Crippen LogP contribution in [0.15, 0.2) is 35.3 Å². The van der Waals surface area contributed by atoms with E-state index in [0.29, 0.717) is 10.0 Å². The molecule has 0 N–H and O–H groups in total. The van der Waals surface area contributed by atoms with Gasteiger partial charge in [0.2, 0.25) is 0 Å². The first-order valence-corrected chi connectivity index (χ1v) is 4.00. The van der Waals surface area contributed by atoms with Crippen LogP contribution in [0.5, 0.6) is 0 Å². The molecule has 0 saturated heterocycles. The molecule has 1 aromatic carbocycles. The maximum atomic E-state index is 10.3. The number of nitro groups is 1. The second-order valence-corrected chi connectivity index (χ2v) is 3.04. The molecule has 0 amide bonds. The van der Waals surface area contributed by atoms with Crippen LogP contribution in [0.2, 0.25) is 0 Å². The molecule has 0 unspecified atom stereocenters. The summed E-state index contributed by atoms with van der Waals surface area (Å²) in [5.41, 5.74) is 0.421. The summed E-state index contributed by atoms with van der Waals surface area (Å²) in [6.45, 7) is 3.36. The van der Waals surface area contributed by atoms with Gasteiger partial charge in [0.25, 0.3) is 5.70 Å². The highest BCUT2D eigenvalue weighted by atomic mass is 79.9. The predicted molar refractivity (Wildman–Crippen MR) is 50.2 cm³/mol. The molecule has 0 aliphatic rings. The van der Waals surface area contributed by atoms with Crippen molar-refractivity contribution in [3.63, 3.8) is 0 Å². The van der Waals surface area contributed by atoms with Crippen LogP contribution in [-0.2, 0) is 0 Å². The van der Waals surface area contributed by atoms with Crippen LogP contribution in [0.25, 0.3) is 5.70 Å². The Morgan fingerprint density at radius 3 is 2.58 bits per heavy atom. The first kappa shape index (κ1) is 8.93. The molecule has 0 atom stereocenters. The van der Waals surface area contributed by atoms with Crippen LogP contribution in [0.1, 0.15) is 5.56 Å². The minimum atomic E-state index is -0.500. The molecule has 0 aliphatic heterocycles. The maximum Gasteiger partial charge on any atom is 0.270 e. The van der Waals surface area contributed by atoms with Gasteiger partial charge < -0.3 is 0 Å². The first-order valence-electron chi connectivity index (χ1n) is 3.21. The van der Waals surface area contributed by atoms with Crippen LogP contribution in [0, 0.1) is 10.1 Å². The van der Waals surface area contributed by atoms with Crippen molar-refractivity contribution in [2.45, 2.75) is 0 Å². The van der Waals surface area contributed by atoms with Gasteiger partial charge in [0, 0.05) is 4.47 Å². The predicted octanol–water partition coefficient (Wildman–Crippen LogP) is 2.70. The zero-order valence-corrected chi connectivity index (χ0v) is 7.74. The van der Waals surface area contributed by atoms with Crippen LogP contribution in [-0.4, -0.2) is 4.92 Å². The monoisotopic (exact) mass is 227 g/mol. The van der Waals surface area contributed by atoms with E-state index >= 15 is 0 Å². The molecular formula is C8H6BrNO2. The van der Waals surface area contributed by atoms with Gasteiger partial charge >= 0.3 is 0 Å². The van der Waals surface area contributed by atoms with Gasteiger partial charge in [0.1, 0.15) is 0 Å². The Bertz CT molecular complexity index is 336. The zero-order chi connectivity index (χ0) is 9.14. The summed E-state index contributed by atoms with van der Waals surface area (Å²) in [6, 6.07) is 6.91. The highest BCUT2D eigenvalue weighted by Gasteiger charge is 2.12. The molecule has 4 heteroatoms. The van der Waals surface area contributed by atoms with Gasteiger partial charge in [-0.05, 0) is 34.6 Å². The van der Waals surface area contributed by atoms with E-state index in [1.807, 2.05) is 0 Å². The van der Waals surface area contributed by atoms with Crippen molar-refractivity contribution in [2.24, 2.45) is 0 Å². The van der Waals surface area contributed by atoms with Crippen molar-refractivity contribution in [2.75, 3.05) is 0 Å². The third-order valence-corrected chi connectivity index (χ3v) is 2.10. The fourth-order valence-electron chi connectivity index (χ4n) is 0.794. The average molecular weight is 228 g/mol. The quantitative estimate of drug-likeness (QED) is 0.576. The lowest BCUT2D eigenvalue weighted by Crippen LogP contribution is -1.96. The molecule has 3 nitrogen and oxygen atoms in total. The topological polar surface area (TPSA) is 43.1 Å². The molecule has 0 aliphatic carbocycles. The summed E-state index contributed by atoms with van der Waals surface area (Å²) in [4.78, 5) is 9.84. The number of rotatable bonds is 2. The van der Waals surface area contributed by atoms with Crippen molar-refractivity contribution in [1.29, 1.82) is 0 Å². The molecule has 62 valence electrons. The second-order valence-electron chi connectivity index (χ2n) is 2.18. The second kappa shape index (κ2) is 3.49. The molecule has 0 fully saturated rings. The van der Waals surface area contributed by atoms with Crippen molar-refractivity contribution in [3.05, 3.63) is 51.0 Å². The number of nitrogens with zero attached hydrogens (tertiary/aromatic N) is 1. The minimum Gasteiger partial charge on any atom is -0.258 e. The van der Waals surface area contributed by atoms with Gasteiger partial charge in [-0.1, -0.05) is 12.1 Å². The molecule has 1 aromatic rings. The largest absolute Gasteiger partial charge is 0.270 e. The Labute approximate surface area is 78.0 Å². The number of hydrogen-bond acceptors (Lipinski definition) is 2. The molecule has 0 heterocycles. The molecular weight excluding hydrogens is 222 g/mol. The molecule has 0 aromatic heterocycles. The lowest BCUT2D eigenvalue weighted by molar-refractivity contribution is -0.375. The molecule has 0 spiro atoms. The first-order chi connectivity index (χ1) is 5.63. The lowest BCUT2D eigenvalue weighted by atomic mass is 10.2. The minimum absolute atomic E-state index is 0.0949.